The van der Waals surface area contributed by atoms with Crippen LogP contribution in [0.25, 0.3) is 0 Å². The molecule has 0 bridgehead atoms. The van der Waals surface area contributed by atoms with Crippen LogP contribution in [0.15, 0.2) is 0 Å². The number of ether oxygens (including phenoxy) is 1. The van der Waals surface area contributed by atoms with Crippen LogP contribution in [-0.4, -0.2) is 49.3 Å². The average molecular weight is 256 g/mol. The maximum Gasteiger partial charge on any atom is 0.0598 e. The number of rotatable bonds is 7. The second kappa shape index (κ2) is 8.13. The molecule has 1 heterocycles. The molecule has 0 radical (unpaired) electrons. The summed E-state index contributed by atoms with van der Waals surface area (Å²) in [5.74, 6) is 0. The van der Waals surface area contributed by atoms with Crippen molar-refractivity contribution in [2.45, 2.75) is 77.6 Å². The van der Waals surface area contributed by atoms with E-state index in [2.05, 4.69) is 37.9 Å². The van der Waals surface area contributed by atoms with E-state index in [-0.39, 0.29) is 0 Å². The lowest BCUT2D eigenvalue weighted by Gasteiger charge is -2.42. The Morgan fingerprint density at radius 1 is 1.39 bits per heavy atom. The van der Waals surface area contributed by atoms with Crippen LogP contribution in [0.5, 0.6) is 0 Å². The quantitative estimate of drug-likeness (QED) is 0.758. The monoisotopic (exact) mass is 256 g/mol. The average Bonchev–Trinajstić information content (AvgIpc) is 2.34. The molecule has 108 valence electrons. The van der Waals surface area contributed by atoms with Crippen molar-refractivity contribution in [3.05, 3.63) is 0 Å². The van der Waals surface area contributed by atoms with Gasteiger partial charge in [0.2, 0.25) is 0 Å². The first kappa shape index (κ1) is 15.9. The zero-order valence-electron chi connectivity index (χ0n) is 12.9. The molecule has 18 heavy (non-hydrogen) atoms. The number of nitrogens with one attached hydrogen (secondary N) is 1. The van der Waals surface area contributed by atoms with Crippen molar-refractivity contribution in [1.29, 1.82) is 0 Å². The van der Waals surface area contributed by atoms with Gasteiger partial charge in [-0.25, -0.2) is 0 Å². The molecule has 3 heteroatoms. The van der Waals surface area contributed by atoms with Gasteiger partial charge in [0.1, 0.15) is 0 Å². The Hall–Kier alpha value is -0.120. The third-order valence-corrected chi connectivity index (χ3v) is 4.07. The fourth-order valence-corrected chi connectivity index (χ4v) is 2.99. The first-order chi connectivity index (χ1) is 8.58. The van der Waals surface area contributed by atoms with Gasteiger partial charge in [0.05, 0.1) is 6.10 Å². The summed E-state index contributed by atoms with van der Waals surface area (Å²) in [6, 6.07) is 1.91. The van der Waals surface area contributed by atoms with Crippen molar-refractivity contribution < 1.29 is 4.74 Å². The zero-order chi connectivity index (χ0) is 13.5. The molecule has 3 nitrogen and oxygen atoms in total. The largest absolute Gasteiger partial charge is 0.381 e. The van der Waals surface area contributed by atoms with Crippen molar-refractivity contribution in [3.63, 3.8) is 0 Å². The highest BCUT2D eigenvalue weighted by atomic mass is 16.5. The summed E-state index contributed by atoms with van der Waals surface area (Å²) < 4.78 is 5.51. The molecule has 0 saturated carbocycles. The lowest BCUT2D eigenvalue weighted by Crippen LogP contribution is -2.52. The van der Waals surface area contributed by atoms with Crippen LogP contribution in [0.2, 0.25) is 0 Å². The summed E-state index contributed by atoms with van der Waals surface area (Å²) >= 11 is 0. The van der Waals surface area contributed by atoms with E-state index in [1.54, 1.807) is 0 Å². The molecule has 0 aliphatic carbocycles. The molecule has 0 aromatic carbocycles. The van der Waals surface area contributed by atoms with Crippen LogP contribution >= 0.6 is 0 Å². The van der Waals surface area contributed by atoms with E-state index in [0.29, 0.717) is 24.2 Å². The number of likely N-dealkylation sites (tertiary alicyclic amines) is 1. The van der Waals surface area contributed by atoms with Gasteiger partial charge >= 0.3 is 0 Å². The Labute approximate surface area is 113 Å². The van der Waals surface area contributed by atoms with Gasteiger partial charge < -0.3 is 10.1 Å². The van der Waals surface area contributed by atoms with Gasteiger partial charge in [-0.1, -0.05) is 27.2 Å². The summed E-state index contributed by atoms with van der Waals surface area (Å²) in [6.07, 6.45) is 5.39. The lowest BCUT2D eigenvalue weighted by atomic mass is 9.96. The molecule has 0 aromatic heterocycles. The summed E-state index contributed by atoms with van der Waals surface area (Å²) in [4.78, 5) is 2.69. The Balaban J connectivity index is 2.51. The maximum atomic E-state index is 5.51. The maximum absolute atomic E-state index is 5.51. The Kier molecular flexibility index (Phi) is 7.20. The van der Waals surface area contributed by atoms with Gasteiger partial charge in [-0.15, -0.1) is 0 Å². The number of hydrogen-bond donors (Lipinski definition) is 1. The van der Waals surface area contributed by atoms with E-state index < -0.39 is 0 Å². The molecular weight excluding hydrogens is 224 g/mol. The lowest BCUT2D eigenvalue weighted by molar-refractivity contribution is -0.00309. The molecule has 1 saturated heterocycles. The molecule has 0 aromatic rings. The van der Waals surface area contributed by atoms with Gasteiger partial charge in [-0.2, -0.15) is 0 Å². The minimum Gasteiger partial charge on any atom is -0.381 e. The second-order valence-corrected chi connectivity index (χ2v) is 5.97. The minimum absolute atomic E-state index is 0.469. The third kappa shape index (κ3) is 4.87. The van der Waals surface area contributed by atoms with Crippen LogP contribution in [0.1, 0.15) is 53.4 Å². The van der Waals surface area contributed by atoms with E-state index in [9.17, 15) is 0 Å². The van der Waals surface area contributed by atoms with E-state index in [0.717, 1.165) is 6.54 Å². The van der Waals surface area contributed by atoms with E-state index >= 15 is 0 Å². The zero-order valence-corrected chi connectivity index (χ0v) is 12.9. The van der Waals surface area contributed by atoms with Gasteiger partial charge in [-0.05, 0) is 26.2 Å². The Morgan fingerprint density at radius 3 is 2.61 bits per heavy atom. The first-order valence-corrected chi connectivity index (χ1v) is 7.60. The molecule has 0 amide bonds. The van der Waals surface area contributed by atoms with Crippen molar-refractivity contribution >= 4 is 0 Å². The van der Waals surface area contributed by atoms with Gasteiger partial charge in [-0.3, -0.25) is 4.90 Å². The molecule has 1 N–H and O–H groups in total. The highest BCUT2D eigenvalue weighted by Gasteiger charge is 2.29. The molecule has 1 rings (SSSR count). The number of hydrogen-bond acceptors (Lipinski definition) is 3. The van der Waals surface area contributed by atoms with Crippen LogP contribution < -0.4 is 5.32 Å². The van der Waals surface area contributed by atoms with E-state index in [1.807, 2.05) is 7.11 Å². The first-order valence-electron chi connectivity index (χ1n) is 7.60. The van der Waals surface area contributed by atoms with Crippen LogP contribution in [0.3, 0.4) is 0 Å². The van der Waals surface area contributed by atoms with Gasteiger partial charge in [0.15, 0.2) is 0 Å². The molecule has 3 unspecified atom stereocenters. The highest BCUT2D eigenvalue weighted by molar-refractivity contribution is 4.85. The predicted molar refractivity (Wildman–Crippen MR) is 78.0 cm³/mol. The highest BCUT2D eigenvalue weighted by Crippen LogP contribution is 2.23. The summed E-state index contributed by atoms with van der Waals surface area (Å²) in [7, 11) is 1.84. The molecule has 1 aliphatic heterocycles. The van der Waals surface area contributed by atoms with Crippen molar-refractivity contribution in [2.24, 2.45) is 0 Å². The number of nitrogens with zero attached hydrogens (tertiary/aromatic N) is 1. The van der Waals surface area contributed by atoms with Crippen molar-refractivity contribution in [1.82, 2.24) is 10.2 Å². The fraction of sp³-hybridized carbons (Fsp3) is 1.00. The molecule has 1 fully saturated rings. The van der Waals surface area contributed by atoms with Crippen LogP contribution in [0, 0.1) is 0 Å². The minimum atomic E-state index is 0.469. The summed E-state index contributed by atoms with van der Waals surface area (Å²) in [5.41, 5.74) is 0. The molecular formula is C15H32N2O. The van der Waals surface area contributed by atoms with E-state index in [1.165, 1.54) is 32.2 Å². The Bertz CT molecular complexity index is 221. The third-order valence-electron chi connectivity index (χ3n) is 4.07. The standard InChI is InChI=1S/C15H32N2O/c1-6-7-14(11-16-12(2)3)17-9-8-15(18-5)10-13(17)4/h12-16H,6-11H2,1-5H3. The van der Waals surface area contributed by atoms with Crippen LogP contribution in [-0.2, 0) is 4.74 Å². The Morgan fingerprint density at radius 2 is 2.11 bits per heavy atom. The summed E-state index contributed by atoms with van der Waals surface area (Å²) in [5, 5.41) is 3.60. The second-order valence-electron chi connectivity index (χ2n) is 5.97. The summed E-state index contributed by atoms with van der Waals surface area (Å²) in [6.45, 7) is 11.4. The van der Waals surface area contributed by atoms with E-state index in [4.69, 9.17) is 4.74 Å². The van der Waals surface area contributed by atoms with Crippen LogP contribution in [0.4, 0.5) is 0 Å². The number of methoxy groups -OCH3 is 1. The molecule has 1 aliphatic rings. The predicted octanol–water partition coefficient (Wildman–Crippen LogP) is 2.65. The van der Waals surface area contributed by atoms with Crippen molar-refractivity contribution in [2.75, 3.05) is 20.2 Å². The number of piperidine rings is 1. The smallest absolute Gasteiger partial charge is 0.0598 e. The SMILES string of the molecule is CCCC(CNC(C)C)N1CCC(OC)CC1C. The van der Waals surface area contributed by atoms with Gasteiger partial charge in [0.25, 0.3) is 0 Å². The normalized spacial score (nSPS) is 27.7. The van der Waals surface area contributed by atoms with Crippen molar-refractivity contribution in [3.8, 4) is 0 Å². The molecule has 0 spiro atoms. The van der Waals surface area contributed by atoms with Gasteiger partial charge in [0, 0.05) is 38.3 Å². The molecule has 3 atom stereocenters. The fourth-order valence-electron chi connectivity index (χ4n) is 2.99. The topological polar surface area (TPSA) is 24.5 Å².